The second-order valence-electron chi connectivity index (χ2n) is 2.27. The van der Waals surface area contributed by atoms with Gasteiger partial charge >= 0.3 is 5.69 Å². The average Bonchev–Trinajstić information content (AvgIpc) is 2.50. The molecule has 0 aliphatic carbocycles. The summed E-state index contributed by atoms with van der Waals surface area (Å²) >= 11 is -2.61. The molecule has 0 aliphatic heterocycles. The van der Waals surface area contributed by atoms with Gasteiger partial charge in [-0.25, -0.2) is 9.78 Å². The van der Waals surface area contributed by atoms with E-state index in [4.69, 9.17) is 13.3 Å². The van der Waals surface area contributed by atoms with E-state index in [1.54, 1.807) is 0 Å². The van der Waals surface area contributed by atoms with Gasteiger partial charge in [0.05, 0.1) is 6.33 Å². The minimum atomic E-state index is -2.61. The first-order chi connectivity index (χ1) is 7.00. The van der Waals surface area contributed by atoms with Gasteiger partial charge in [0.25, 0.3) is 16.9 Å². The molecule has 0 fully saturated rings. The monoisotopic (exact) mass is 234 g/mol. The largest absolute Gasteiger partial charge is 0.339 e. The number of nitrogens with zero attached hydrogens (tertiary/aromatic N) is 1. The Labute approximate surface area is 83.7 Å². The van der Waals surface area contributed by atoms with Crippen LogP contribution in [0.2, 0.25) is 0 Å². The third kappa shape index (κ3) is 3.12. The molecule has 82 valence electrons. The van der Waals surface area contributed by atoms with Gasteiger partial charge in [-0.3, -0.25) is 23.9 Å². The maximum absolute atomic E-state index is 10.9. The van der Waals surface area contributed by atoms with Gasteiger partial charge < -0.3 is 4.98 Å². The van der Waals surface area contributed by atoms with Gasteiger partial charge in [-0.2, -0.15) is 4.21 Å². The zero-order valence-corrected chi connectivity index (χ0v) is 7.87. The average molecular weight is 234 g/mol. The van der Waals surface area contributed by atoms with Crippen LogP contribution in [0, 0.1) is 0 Å². The first kappa shape index (κ1) is 11.3. The number of hydrogen-bond donors (Lipinski definition) is 5. The van der Waals surface area contributed by atoms with Gasteiger partial charge in [0, 0.05) is 0 Å². The Balaban J connectivity index is 0.000000245. The van der Waals surface area contributed by atoms with Crippen molar-refractivity contribution < 1.29 is 13.3 Å². The number of rotatable bonds is 0. The Bertz CT molecular complexity index is 579. The Morgan fingerprint density at radius 2 is 1.87 bits per heavy atom. The molecule has 0 amide bonds. The standard InChI is InChI=1S/C5H4N4O2.H2O3S/c10-4-2-3(7-1-6-2)8-5(11)9-4;1-4(2)3/h1H,(H3,6,7,8,9,10,11);(H2,1,2,3). The number of fused-ring (bicyclic) bond motifs is 1. The fourth-order valence-electron chi connectivity index (χ4n) is 0.867. The summed E-state index contributed by atoms with van der Waals surface area (Å²) in [7, 11) is 0. The summed E-state index contributed by atoms with van der Waals surface area (Å²) in [5.41, 5.74) is -0.445. The molecular weight excluding hydrogens is 228 g/mol. The van der Waals surface area contributed by atoms with Crippen molar-refractivity contribution in [3.05, 3.63) is 27.2 Å². The van der Waals surface area contributed by atoms with E-state index in [-0.39, 0.29) is 11.2 Å². The van der Waals surface area contributed by atoms with Crippen molar-refractivity contribution in [3.63, 3.8) is 0 Å². The van der Waals surface area contributed by atoms with Crippen LogP contribution in [0.25, 0.3) is 11.2 Å². The molecule has 2 rings (SSSR count). The minimum absolute atomic E-state index is 0.277. The van der Waals surface area contributed by atoms with Gasteiger partial charge in [-0.05, 0) is 0 Å². The minimum Gasteiger partial charge on any atom is -0.339 e. The van der Waals surface area contributed by atoms with Crippen molar-refractivity contribution in [2.24, 2.45) is 0 Å². The van der Waals surface area contributed by atoms with E-state index >= 15 is 0 Å². The van der Waals surface area contributed by atoms with E-state index in [0.29, 0.717) is 0 Å². The van der Waals surface area contributed by atoms with E-state index in [9.17, 15) is 9.59 Å². The molecule has 0 saturated heterocycles. The topological polar surface area (TPSA) is 152 Å². The second-order valence-corrected chi connectivity index (χ2v) is 2.73. The van der Waals surface area contributed by atoms with Gasteiger partial charge in [0.2, 0.25) is 0 Å². The van der Waals surface area contributed by atoms with Crippen LogP contribution in [0.4, 0.5) is 0 Å². The molecule has 0 spiro atoms. The Morgan fingerprint density at radius 1 is 1.27 bits per heavy atom. The molecule has 5 N–H and O–H groups in total. The number of imidazole rings is 1. The number of aromatic amines is 3. The van der Waals surface area contributed by atoms with Crippen LogP contribution in [-0.2, 0) is 11.4 Å². The predicted octanol–water partition coefficient (Wildman–Crippen LogP) is -1.38. The van der Waals surface area contributed by atoms with Crippen molar-refractivity contribution in [2.75, 3.05) is 0 Å². The van der Waals surface area contributed by atoms with Gasteiger partial charge in [-0.15, -0.1) is 0 Å². The number of nitrogens with one attached hydrogen (secondary N) is 3. The molecule has 2 heterocycles. The Morgan fingerprint density at radius 3 is 2.47 bits per heavy atom. The molecule has 0 saturated carbocycles. The highest BCUT2D eigenvalue weighted by Gasteiger charge is 1.99. The number of aromatic nitrogens is 4. The SMILES string of the molecule is O=S(O)O.O=c1[nH]c(=O)c2[nH]cnc2[nH]1. The zero-order chi connectivity index (χ0) is 11.4. The lowest BCUT2D eigenvalue weighted by Crippen LogP contribution is -2.21. The van der Waals surface area contributed by atoms with Crippen LogP contribution in [0.1, 0.15) is 0 Å². The van der Waals surface area contributed by atoms with E-state index in [1.807, 2.05) is 0 Å². The first-order valence-corrected chi connectivity index (χ1v) is 4.52. The summed E-state index contributed by atoms with van der Waals surface area (Å²) in [6.45, 7) is 0. The quantitative estimate of drug-likeness (QED) is 0.354. The number of hydrogen-bond acceptors (Lipinski definition) is 4. The molecule has 0 atom stereocenters. The van der Waals surface area contributed by atoms with Crippen LogP contribution < -0.4 is 11.2 Å². The molecule has 2 aromatic heterocycles. The summed E-state index contributed by atoms with van der Waals surface area (Å²) in [5.74, 6) is 0. The molecular formula is C5H6N4O5S. The third-order valence-corrected chi connectivity index (χ3v) is 1.33. The Hall–Kier alpha value is -1.78. The second kappa shape index (κ2) is 4.63. The van der Waals surface area contributed by atoms with Crippen LogP contribution in [0.15, 0.2) is 15.9 Å². The smallest absolute Gasteiger partial charge is 0.327 e. The summed E-state index contributed by atoms with van der Waals surface area (Å²) < 4.78 is 22.8. The fraction of sp³-hybridized carbons (Fsp3) is 0. The molecule has 0 unspecified atom stereocenters. The van der Waals surface area contributed by atoms with Crippen molar-refractivity contribution in [2.45, 2.75) is 0 Å². The van der Waals surface area contributed by atoms with E-state index in [1.165, 1.54) is 6.33 Å². The first-order valence-electron chi connectivity index (χ1n) is 3.46. The van der Waals surface area contributed by atoms with E-state index in [0.717, 1.165) is 0 Å². The van der Waals surface area contributed by atoms with Crippen molar-refractivity contribution in [1.29, 1.82) is 0 Å². The number of H-pyrrole nitrogens is 3. The van der Waals surface area contributed by atoms with Gasteiger partial charge in [-0.1, -0.05) is 0 Å². The lowest BCUT2D eigenvalue weighted by atomic mass is 10.5. The molecule has 0 aliphatic rings. The normalized spacial score (nSPS) is 10.1. The van der Waals surface area contributed by atoms with Crippen molar-refractivity contribution >= 4 is 22.5 Å². The molecule has 0 bridgehead atoms. The zero-order valence-electron chi connectivity index (χ0n) is 7.05. The highest BCUT2D eigenvalue weighted by atomic mass is 32.2. The van der Waals surface area contributed by atoms with Crippen LogP contribution in [-0.4, -0.2) is 33.3 Å². The van der Waals surface area contributed by atoms with Crippen LogP contribution >= 0.6 is 0 Å². The highest BCUT2D eigenvalue weighted by Crippen LogP contribution is 1.92. The summed E-state index contributed by atoms with van der Waals surface area (Å²) in [6.07, 6.45) is 1.34. The summed E-state index contributed by atoms with van der Waals surface area (Å²) in [5, 5.41) is 0. The molecule has 0 radical (unpaired) electrons. The molecule has 2 aromatic rings. The molecule has 9 nitrogen and oxygen atoms in total. The van der Waals surface area contributed by atoms with E-state index < -0.39 is 22.6 Å². The highest BCUT2D eigenvalue weighted by molar-refractivity contribution is 7.73. The van der Waals surface area contributed by atoms with Crippen molar-refractivity contribution in [1.82, 2.24) is 19.9 Å². The van der Waals surface area contributed by atoms with E-state index in [2.05, 4.69) is 19.9 Å². The van der Waals surface area contributed by atoms with Crippen LogP contribution in [0.5, 0.6) is 0 Å². The summed E-state index contributed by atoms with van der Waals surface area (Å²) in [4.78, 5) is 32.3. The third-order valence-electron chi connectivity index (χ3n) is 1.33. The summed E-state index contributed by atoms with van der Waals surface area (Å²) in [6, 6.07) is 0. The molecule has 0 aromatic carbocycles. The predicted molar refractivity (Wildman–Crippen MR) is 50.7 cm³/mol. The lowest BCUT2D eigenvalue weighted by molar-refractivity contribution is 0.454. The van der Waals surface area contributed by atoms with Crippen molar-refractivity contribution in [3.8, 4) is 0 Å². The van der Waals surface area contributed by atoms with Gasteiger partial charge in [0.1, 0.15) is 5.52 Å². The fourth-order valence-corrected chi connectivity index (χ4v) is 0.867. The Kier molecular flexibility index (Phi) is 3.49. The maximum Gasteiger partial charge on any atom is 0.327 e. The molecule has 10 heteroatoms. The lowest BCUT2D eigenvalue weighted by Gasteiger charge is -1.83. The maximum atomic E-state index is 10.9. The molecule has 15 heavy (non-hydrogen) atoms. The van der Waals surface area contributed by atoms with Gasteiger partial charge in [0.15, 0.2) is 5.65 Å². The van der Waals surface area contributed by atoms with Crippen LogP contribution in [0.3, 0.4) is 0 Å².